The topological polar surface area (TPSA) is 93.5 Å². The average molecular weight is 494 g/mol. The summed E-state index contributed by atoms with van der Waals surface area (Å²) in [6, 6.07) is 12.6. The maximum absolute atomic E-state index is 12.7. The summed E-state index contributed by atoms with van der Waals surface area (Å²) in [4.78, 5) is 28.7. The summed E-state index contributed by atoms with van der Waals surface area (Å²) < 4.78 is 21.3. The number of hydrogen-bond acceptors (Lipinski definition) is 8. The number of fused-ring (bicyclic) bond motifs is 1. The molecule has 1 saturated heterocycles. The second kappa shape index (κ2) is 11.6. The molecule has 0 bridgehead atoms. The van der Waals surface area contributed by atoms with Gasteiger partial charge in [0.15, 0.2) is 11.5 Å². The van der Waals surface area contributed by atoms with E-state index in [2.05, 4.69) is 10.2 Å². The van der Waals surface area contributed by atoms with Gasteiger partial charge in [-0.2, -0.15) is 0 Å². The SMILES string of the molecule is COc1cc(/C=C/C(=O)N2CCN(CCNc3cc(=O)oc4ccccc34)CC2)cc(OC)c1OC. The number of carbonyl (C=O) groups excluding carboxylic acids is 1. The monoisotopic (exact) mass is 493 g/mol. The first-order chi connectivity index (χ1) is 17.5. The molecule has 1 aromatic heterocycles. The Morgan fingerprint density at radius 2 is 1.69 bits per heavy atom. The van der Waals surface area contributed by atoms with Crippen molar-refractivity contribution in [2.45, 2.75) is 0 Å². The quantitative estimate of drug-likeness (QED) is 0.359. The Hall–Kier alpha value is -3.98. The number of nitrogens with zero attached hydrogens (tertiary/aromatic N) is 2. The highest BCUT2D eigenvalue weighted by Gasteiger charge is 2.19. The molecular formula is C27H31N3O6. The van der Waals surface area contributed by atoms with Gasteiger partial charge >= 0.3 is 5.63 Å². The molecule has 0 unspecified atom stereocenters. The first-order valence-electron chi connectivity index (χ1n) is 11.8. The van der Waals surface area contributed by atoms with Crippen molar-refractivity contribution in [3.63, 3.8) is 0 Å². The van der Waals surface area contributed by atoms with Gasteiger partial charge < -0.3 is 28.8 Å². The number of carbonyl (C=O) groups is 1. The van der Waals surface area contributed by atoms with Crippen molar-refractivity contribution < 1.29 is 23.4 Å². The summed E-state index contributed by atoms with van der Waals surface area (Å²) in [5.41, 5.74) is 1.75. The van der Waals surface area contributed by atoms with Gasteiger partial charge in [-0.3, -0.25) is 9.69 Å². The Bertz CT molecular complexity index is 1270. The second-order valence-corrected chi connectivity index (χ2v) is 8.36. The van der Waals surface area contributed by atoms with Crippen LogP contribution in [0.1, 0.15) is 5.56 Å². The molecule has 0 saturated carbocycles. The van der Waals surface area contributed by atoms with E-state index in [-0.39, 0.29) is 11.5 Å². The number of anilines is 1. The number of methoxy groups -OCH3 is 3. The Balaban J connectivity index is 1.28. The van der Waals surface area contributed by atoms with Gasteiger partial charge in [0.05, 0.1) is 27.0 Å². The molecule has 0 radical (unpaired) electrons. The lowest BCUT2D eigenvalue weighted by molar-refractivity contribution is -0.127. The zero-order valence-electron chi connectivity index (χ0n) is 20.8. The molecule has 190 valence electrons. The van der Waals surface area contributed by atoms with Crippen LogP contribution in [0.5, 0.6) is 17.2 Å². The highest BCUT2D eigenvalue weighted by Crippen LogP contribution is 2.38. The number of benzene rings is 2. The average Bonchev–Trinajstić information content (AvgIpc) is 2.91. The van der Waals surface area contributed by atoms with Crippen molar-refractivity contribution in [1.29, 1.82) is 0 Å². The third kappa shape index (κ3) is 5.80. The molecule has 1 fully saturated rings. The Morgan fingerprint density at radius 1 is 1.00 bits per heavy atom. The molecule has 0 aliphatic carbocycles. The van der Waals surface area contributed by atoms with Gasteiger partial charge in [0.2, 0.25) is 11.7 Å². The summed E-state index contributed by atoms with van der Waals surface area (Å²) in [6.45, 7) is 4.35. The second-order valence-electron chi connectivity index (χ2n) is 8.36. The van der Waals surface area contributed by atoms with E-state index in [1.54, 1.807) is 51.7 Å². The van der Waals surface area contributed by atoms with Crippen LogP contribution in [0.2, 0.25) is 0 Å². The van der Waals surface area contributed by atoms with Gasteiger partial charge in [0.1, 0.15) is 5.58 Å². The number of para-hydroxylation sites is 1. The summed E-state index contributed by atoms with van der Waals surface area (Å²) >= 11 is 0. The molecule has 9 nitrogen and oxygen atoms in total. The minimum absolute atomic E-state index is 0.0380. The van der Waals surface area contributed by atoms with Crippen LogP contribution in [-0.2, 0) is 4.79 Å². The fraction of sp³-hybridized carbons (Fsp3) is 0.333. The van der Waals surface area contributed by atoms with E-state index in [0.29, 0.717) is 42.5 Å². The third-order valence-electron chi connectivity index (χ3n) is 6.18. The van der Waals surface area contributed by atoms with Crippen molar-refractivity contribution in [2.24, 2.45) is 0 Å². The molecular weight excluding hydrogens is 462 g/mol. The molecule has 4 rings (SSSR count). The van der Waals surface area contributed by atoms with Crippen molar-refractivity contribution in [1.82, 2.24) is 9.80 Å². The first kappa shape index (κ1) is 25.1. The molecule has 3 aromatic rings. The van der Waals surface area contributed by atoms with E-state index in [1.807, 2.05) is 23.1 Å². The number of nitrogens with one attached hydrogen (secondary N) is 1. The molecule has 0 atom stereocenters. The summed E-state index contributed by atoms with van der Waals surface area (Å²) in [7, 11) is 4.67. The maximum Gasteiger partial charge on any atom is 0.338 e. The van der Waals surface area contributed by atoms with E-state index in [9.17, 15) is 9.59 Å². The van der Waals surface area contributed by atoms with Crippen molar-refractivity contribution >= 4 is 28.6 Å². The van der Waals surface area contributed by atoms with Gasteiger partial charge in [-0.1, -0.05) is 12.1 Å². The van der Waals surface area contributed by atoms with Gasteiger partial charge in [0.25, 0.3) is 0 Å². The number of ether oxygens (including phenoxy) is 3. The van der Waals surface area contributed by atoms with Crippen LogP contribution in [0.3, 0.4) is 0 Å². The number of rotatable bonds is 9. The lowest BCUT2D eigenvalue weighted by Gasteiger charge is -2.34. The largest absolute Gasteiger partial charge is 0.493 e. The summed E-state index contributed by atoms with van der Waals surface area (Å²) in [5.74, 6) is 1.55. The van der Waals surface area contributed by atoms with E-state index in [1.165, 1.54) is 6.07 Å². The van der Waals surface area contributed by atoms with Gasteiger partial charge in [-0.25, -0.2) is 4.79 Å². The molecule has 0 spiro atoms. The smallest absolute Gasteiger partial charge is 0.338 e. The van der Waals surface area contributed by atoms with Crippen molar-refractivity contribution in [2.75, 3.05) is 65.9 Å². The summed E-state index contributed by atoms with van der Waals surface area (Å²) in [5, 5.41) is 4.23. The van der Waals surface area contributed by atoms with Crippen LogP contribution < -0.4 is 25.2 Å². The number of piperazine rings is 1. The molecule has 9 heteroatoms. The molecule has 2 aromatic carbocycles. The van der Waals surface area contributed by atoms with Crippen LogP contribution in [0.15, 0.2) is 57.8 Å². The molecule has 1 aliphatic rings. The minimum Gasteiger partial charge on any atom is -0.493 e. The molecule has 1 amide bonds. The molecule has 36 heavy (non-hydrogen) atoms. The lowest BCUT2D eigenvalue weighted by atomic mass is 10.1. The first-order valence-corrected chi connectivity index (χ1v) is 11.8. The number of amides is 1. The van der Waals surface area contributed by atoms with Crippen LogP contribution in [-0.4, -0.2) is 76.3 Å². The lowest BCUT2D eigenvalue weighted by Crippen LogP contribution is -2.49. The Kier molecular flexibility index (Phi) is 8.12. The maximum atomic E-state index is 12.7. The predicted octanol–water partition coefficient (Wildman–Crippen LogP) is 3.09. The van der Waals surface area contributed by atoms with Crippen molar-refractivity contribution in [3.8, 4) is 17.2 Å². The molecule has 1 aliphatic heterocycles. The third-order valence-corrected chi connectivity index (χ3v) is 6.18. The van der Waals surface area contributed by atoms with Crippen LogP contribution in [0.25, 0.3) is 17.0 Å². The van der Waals surface area contributed by atoms with Crippen LogP contribution in [0, 0.1) is 0 Å². The Morgan fingerprint density at radius 3 is 2.36 bits per heavy atom. The fourth-order valence-electron chi connectivity index (χ4n) is 4.27. The van der Waals surface area contributed by atoms with Gasteiger partial charge in [-0.05, 0) is 35.9 Å². The Labute approximate surface area is 209 Å². The summed E-state index contributed by atoms with van der Waals surface area (Å²) in [6.07, 6.45) is 3.33. The van der Waals surface area contributed by atoms with E-state index in [4.69, 9.17) is 18.6 Å². The van der Waals surface area contributed by atoms with Crippen molar-refractivity contribution in [3.05, 3.63) is 64.5 Å². The fourth-order valence-corrected chi connectivity index (χ4v) is 4.27. The van der Waals surface area contributed by atoms with E-state index >= 15 is 0 Å². The van der Waals surface area contributed by atoms with E-state index in [0.717, 1.165) is 36.3 Å². The molecule has 2 heterocycles. The van der Waals surface area contributed by atoms with Crippen LogP contribution >= 0.6 is 0 Å². The molecule has 1 N–H and O–H groups in total. The highest BCUT2D eigenvalue weighted by atomic mass is 16.5. The zero-order valence-corrected chi connectivity index (χ0v) is 20.8. The predicted molar refractivity (Wildman–Crippen MR) is 139 cm³/mol. The van der Waals surface area contributed by atoms with Gasteiger partial charge in [-0.15, -0.1) is 0 Å². The standard InChI is InChI=1S/C27H31N3O6/c1-33-23-16-19(17-24(34-2)27(23)35-3)8-9-25(31)30-14-12-29(13-15-30)11-10-28-21-18-26(32)36-22-7-5-4-6-20(21)22/h4-9,16-18,28H,10-15H2,1-3H3/b9-8+. The minimum atomic E-state index is -0.372. The van der Waals surface area contributed by atoms with Crippen LogP contribution in [0.4, 0.5) is 5.69 Å². The highest BCUT2D eigenvalue weighted by molar-refractivity contribution is 5.92. The zero-order chi connectivity index (χ0) is 25.5. The normalized spacial score (nSPS) is 14.2. The van der Waals surface area contributed by atoms with E-state index < -0.39 is 0 Å². The van der Waals surface area contributed by atoms with Gasteiger partial charge in [0, 0.05) is 56.8 Å². The number of hydrogen-bond donors (Lipinski definition) is 1.